The third-order valence-corrected chi connectivity index (χ3v) is 4.87. The molecule has 26 heavy (non-hydrogen) atoms. The fraction of sp³-hybridized carbons (Fsp3) is 0.167. The molecule has 3 rings (SSSR count). The monoisotopic (exact) mass is 391 g/mol. The number of aromatic nitrogens is 1. The van der Waals surface area contributed by atoms with Crippen molar-refractivity contribution in [2.24, 2.45) is 0 Å². The van der Waals surface area contributed by atoms with E-state index < -0.39 is 11.9 Å². The zero-order valence-corrected chi connectivity index (χ0v) is 15.5. The summed E-state index contributed by atoms with van der Waals surface area (Å²) in [6.45, 7) is 1.64. The van der Waals surface area contributed by atoms with E-state index in [0.29, 0.717) is 26.4 Å². The molecule has 0 aliphatic heterocycles. The zero-order valence-electron chi connectivity index (χ0n) is 13.9. The van der Waals surface area contributed by atoms with Gasteiger partial charge in [0, 0.05) is 10.6 Å². The highest BCUT2D eigenvalue weighted by atomic mass is 35.5. The maximum absolute atomic E-state index is 12.3. The van der Waals surface area contributed by atoms with Gasteiger partial charge in [-0.05, 0) is 31.2 Å². The van der Waals surface area contributed by atoms with Crippen LogP contribution in [-0.4, -0.2) is 24.0 Å². The first-order chi connectivity index (χ1) is 12.5. The summed E-state index contributed by atoms with van der Waals surface area (Å²) in [4.78, 5) is 28.5. The largest absolute Gasteiger partial charge is 0.463 e. The molecule has 0 N–H and O–H groups in total. The number of ether oxygens (including phenoxy) is 2. The van der Waals surface area contributed by atoms with Crippen LogP contribution in [0.3, 0.4) is 0 Å². The molecule has 3 aromatic rings. The highest BCUT2D eigenvalue weighted by Crippen LogP contribution is 2.30. The lowest BCUT2D eigenvalue weighted by atomic mass is 10.2. The Balaban J connectivity index is 1.70. The smallest absolute Gasteiger partial charge is 0.373 e. The molecule has 0 amide bonds. The highest BCUT2D eigenvalue weighted by molar-refractivity contribution is 7.17. The van der Waals surface area contributed by atoms with Gasteiger partial charge in [-0.2, -0.15) is 0 Å². The minimum Gasteiger partial charge on any atom is -0.463 e. The van der Waals surface area contributed by atoms with Gasteiger partial charge in [0.15, 0.2) is 0 Å². The van der Waals surface area contributed by atoms with E-state index in [1.807, 2.05) is 12.1 Å². The first-order valence-electron chi connectivity index (χ1n) is 7.55. The van der Waals surface area contributed by atoms with Gasteiger partial charge in [0.2, 0.25) is 5.76 Å². The standard InChI is InChI=1S/C18H14ClNO5S/c1-10-15(26-16(20-10)11-4-3-5-12(19)8-11)18(22)24-9-13-6-7-14(25-13)17(21)23-2/h3-8H,9H2,1-2H3. The van der Waals surface area contributed by atoms with Crippen molar-refractivity contribution in [3.8, 4) is 10.6 Å². The number of rotatable bonds is 5. The van der Waals surface area contributed by atoms with Crippen LogP contribution < -0.4 is 0 Å². The molecule has 0 saturated heterocycles. The number of methoxy groups -OCH3 is 1. The van der Waals surface area contributed by atoms with Crippen LogP contribution in [0.4, 0.5) is 0 Å². The fourth-order valence-electron chi connectivity index (χ4n) is 2.20. The maximum atomic E-state index is 12.3. The molecule has 134 valence electrons. The highest BCUT2D eigenvalue weighted by Gasteiger charge is 2.19. The average Bonchev–Trinajstić information content (AvgIpc) is 3.26. The van der Waals surface area contributed by atoms with Crippen molar-refractivity contribution < 1.29 is 23.5 Å². The molecule has 1 aromatic carbocycles. The number of thiazole rings is 1. The summed E-state index contributed by atoms with van der Waals surface area (Å²) in [5.74, 6) is -0.705. The Morgan fingerprint density at radius 3 is 2.77 bits per heavy atom. The number of carbonyl (C=O) groups is 2. The van der Waals surface area contributed by atoms with Gasteiger partial charge in [-0.1, -0.05) is 23.7 Å². The van der Waals surface area contributed by atoms with Crippen molar-refractivity contribution >= 4 is 34.9 Å². The van der Waals surface area contributed by atoms with Crippen LogP contribution in [-0.2, 0) is 16.1 Å². The molecule has 0 aliphatic carbocycles. The normalized spacial score (nSPS) is 10.6. The number of carbonyl (C=O) groups excluding carboxylic acids is 2. The molecule has 8 heteroatoms. The Bertz CT molecular complexity index is 962. The van der Waals surface area contributed by atoms with E-state index in [1.54, 1.807) is 25.1 Å². The number of hydrogen-bond acceptors (Lipinski definition) is 7. The summed E-state index contributed by atoms with van der Waals surface area (Å²) in [7, 11) is 1.26. The second-order valence-corrected chi connectivity index (χ2v) is 6.71. The van der Waals surface area contributed by atoms with Gasteiger partial charge in [-0.25, -0.2) is 14.6 Å². The predicted octanol–water partition coefficient (Wildman–Crippen LogP) is 4.51. The van der Waals surface area contributed by atoms with E-state index in [9.17, 15) is 9.59 Å². The van der Waals surface area contributed by atoms with Gasteiger partial charge in [0.1, 0.15) is 22.3 Å². The number of furan rings is 1. The van der Waals surface area contributed by atoms with Crippen LogP contribution >= 0.6 is 22.9 Å². The molecule has 0 radical (unpaired) electrons. The molecule has 6 nitrogen and oxygen atoms in total. The molecular weight excluding hydrogens is 378 g/mol. The molecule has 0 aliphatic rings. The fourth-order valence-corrected chi connectivity index (χ4v) is 3.35. The lowest BCUT2D eigenvalue weighted by Gasteiger charge is -2.01. The summed E-state index contributed by atoms with van der Waals surface area (Å²) >= 11 is 7.23. The summed E-state index contributed by atoms with van der Waals surface area (Å²) in [6.07, 6.45) is 0. The number of esters is 2. The van der Waals surface area contributed by atoms with Crippen molar-refractivity contribution in [3.05, 3.63) is 63.5 Å². The van der Waals surface area contributed by atoms with Gasteiger partial charge in [0.25, 0.3) is 0 Å². The van der Waals surface area contributed by atoms with E-state index in [0.717, 1.165) is 5.56 Å². The Morgan fingerprint density at radius 2 is 2.04 bits per heavy atom. The first-order valence-corrected chi connectivity index (χ1v) is 8.75. The lowest BCUT2D eigenvalue weighted by molar-refractivity contribution is 0.0443. The molecule has 2 aromatic heterocycles. The van der Waals surface area contributed by atoms with Gasteiger partial charge < -0.3 is 13.9 Å². The minimum atomic E-state index is -0.591. The maximum Gasteiger partial charge on any atom is 0.373 e. The van der Waals surface area contributed by atoms with Gasteiger partial charge in [-0.3, -0.25) is 0 Å². The Hall–Kier alpha value is -2.64. The molecule has 0 spiro atoms. The summed E-state index contributed by atoms with van der Waals surface area (Å²) in [5.41, 5.74) is 1.41. The Morgan fingerprint density at radius 1 is 1.23 bits per heavy atom. The number of benzene rings is 1. The van der Waals surface area contributed by atoms with Crippen LogP contribution in [0.25, 0.3) is 10.6 Å². The zero-order chi connectivity index (χ0) is 18.7. The number of nitrogens with zero attached hydrogens (tertiary/aromatic N) is 1. The predicted molar refractivity (Wildman–Crippen MR) is 96.5 cm³/mol. The molecule has 0 fully saturated rings. The summed E-state index contributed by atoms with van der Waals surface area (Å²) in [5, 5.41) is 1.28. The molecule has 0 atom stereocenters. The van der Waals surface area contributed by atoms with E-state index >= 15 is 0 Å². The first kappa shape index (κ1) is 18.2. The van der Waals surface area contributed by atoms with Crippen LogP contribution in [0, 0.1) is 6.92 Å². The van der Waals surface area contributed by atoms with Crippen molar-refractivity contribution in [2.45, 2.75) is 13.5 Å². The molecular formula is C18H14ClNO5S. The quantitative estimate of drug-likeness (QED) is 0.595. The third-order valence-electron chi connectivity index (χ3n) is 3.45. The van der Waals surface area contributed by atoms with E-state index in [1.165, 1.54) is 24.5 Å². The molecule has 0 unspecified atom stereocenters. The summed E-state index contributed by atoms with van der Waals surface area (Å²) in [6, 6.07) is 10.3. The van der Waals surface area contributed by atoms with Crippen molar-refractivity contribution in [2.75, 3.05) is 7.11 Å². The minimum absolute atomic E-state index is 0.0516. The van der Waals surface area contributed by atoms with E-state index in [-0.39, 0.29) is 12.4 Å². The number of aryl methyl sites for hydroxylation is 1. The SMILES string of the molecule is COC(=O)c1ccc(COC(=O)c2sc(-c3cccc(Cl)c3)nc2C)o1. The van der Waals surface area contributed by atoms with E-state index in [2.05, 4.69) is 9.72 Å². The molecule has 0 bridgehead atoms. The van der Waals surface area contributed by atoms with Crippen LogP contribution in [0.2, 0.25) is 5.02 Å². The topological polar surface area (TPSA) is 78.6 Å². The van der Waals surface area contributed by atoms with Gasteiger partial charge in [-0.15, -0.1) is 11.3 Å². The van der Waals surface area contributed by atoms with E-state index in [4.69, 9.17) is 20.8 Å². The number of hydrogen-bond donors (Lipinski definition) is 0. The second-order valence-electron chi connectivity index (χ2n) is 5.28. The third kappa shape index (κ3) is 3.95. The van der Waals surface area contributed by atoms with Crippen LogP contribution in [0.1, 0.15) is 31.7 Å². The number of halogens is 1. The Labute approximate surface area is 158 Å². The van der Waals surface area contributed by atoms with Crippen molar-refractivity contribution in [3.63, 3.8) is 0 Å². The second kappa shape index (κ2) is 7.72. The molecule has 0 saturated carbocycles. The average molecular weight is 392 g/mol. The molecule has 2 heterocycles. The van der Waals surface area contributed by atoms with Crippen LogP contribution in [0.5, 0.6) is 0 Å². The Kier molecular flexibility index (Phi) is 5.39. The lowest BCUT2D eigenvalue weighted by Crippen LogP contribution is -2.04. The van der Waals surface area contributed by atoms with Gasteiger partial charge >= 0.3 is 11.9 Å². The summed E-state index contributed by atoms with van der Waals surface area (Å²) < 4.78 is 15.1. The van der Waals surface area contributed by atoms with Crippen molar-refractivity contribution in [1.29, 1.82) is 0 Å². The van der Waals surface area contributed by atoms with Crippen LogP contribution in [0.15, 0.2) is 40.8 Å². The van der Waals surface area contributed by atoms with Crippen molar-refractivity contribution in [1.82, 2.24) is 4.98 Å². The van der Waals surface area contributed by atoms with Gasteiger partial charge in [0.05, 0.1) is 12.8 Å².